The molecule has 0 aliphatic carbocycles. The van der Waals surface area contributed by atoms with E-state index in [1.54, 1.807) is 12.1 Å². The van der Waals surface area contributed by atoms with E-state index in [-0.39, 0.29) is 31.2 Å². The first kappa shape index (κ1) is 16.1. The third kappa shape index (κ3) is 4.26. The van der Waals surface area contributed by atoms with Crippen LogP contribution < -0.4 is 5.32 Å². The lowest BCUT2D eigenvalue weighted by Gasteiger charge is -2.20. The molecule has 7 heteroatoms. The van der Waals surface area contributed by atoms with Gasteiger partial charge in [-0.2, -0.15) is 4.31 Å². The summed E-state index contributed by atoms with van der Waals surface area (Å²) in [5.41, 5.74) is 0.984. The van der Waals surface area contributed by atoms with Crippen molar-refractivity contribution in [3.63, 3.8) is 0 Å². The number of aliphatic hydroxyl groups excluding tert-OH is 2. The Labute approximate surface area is 113 Å². The largest absolute Gasteiger partial charge is 0.395 e. The third-order valence-electron chi connectivity index (χ3n) is 2.64. The van der Waals surface area contributed by atoms with Gasteiger partial charge in [-0.05, 0) is 24.7 Å². The summed E-state index contributed by atoms with van der Waals surface area (Å²) in [5.74, 6) is 0. The van der Waals surface area contributed by atoms with Crippen molar-refractivity contribution in [1.29, 1.82) is 0 Å². The van der Waals surface area contributed by atoms with E-state index in [9.17, 15) is 8.42 Å². The fraction of sp³-hybridized carbons (Fsp3) is 0.500. The van der Waals surface area contributed by atoms with Gasteiger partial charge in [-0.3, -0.25) is 0 Å². The molecule has 1 aromatic carbocycles. The average Bonchev–Trinajstić information content (AvgIpc) is 2.39. The second-order valence-electron chi connectivity index (χ2n) is 4.03. The molecular formula is C12H20N2O4S. The molecule has 0 spiro atoms. The monoisotopic (exact) mass is 288 g/mol. The summed E-state index contributed by atoms with van der Waals surface area (Å²) in [5, 5.41) is 20.8. The Morgan fingerprint density at radius 3 is 2.05 bits per heavy atom. The van der Waals surface area contributed by atoms with Gasteiger partial charge in [0.25, 0.3) is 0 Å². The number of aliphatic hydroxyl groups is 2. The number of hydrogen-bond acceptors (Lipinski definition) is 5. The first-order valence-electron chi connectivity index (χ1n) is 6.01. The minimum absolute atomic E-state index is 0.0266. The first-order valence-corrected chi connectivity index (χ1v) is 7.45. The lowest BCUT2D eigenvalue weighted by Crippen LogP contribution is -2.35. The number of sulfonamides is 1. The summed E-state index contributed by atoms with van der Waals surface area (Å²) >= 11 is 0. The molecule has 1 aromatic rings. The smallest absolute Gasteiger partial charge is 0.243 e. The zero-order chi connectivity index (χ0) is 14.3. The molecule has 0 fully saturated rings. The summed E-state index contributed by atoms with van der Waals surface area (Å²) in [4.78, 5) is 0.161. The van der Waals surface area contributed by atoms with Crippen LogP contribution in [0.4, 0.5) is 0 Å². The SMILES string of the molecule is CNCc1ccc(S(=O)(=O)N(CCO)CCO)cc1. The van der Waals surface area contributed by atoms with Crippen molar-refractivity contribution in [2.75, 3.05) is 33.4 Å². The predicted molar refractivity (Wildman–Crippen MR) is 72.1 cm³/mol. The maximum absolute atomic E-state index is 12.3. The lowest BCUT2D eigenvalue weighted by molar-refractivity contribution is 0.217. The van der Waals surface area contributed by atoms with Gasteiger partial charge in [0, 0.05) is 19.6 Å². The predicted octanol–water partition coefficient (Wildman–Crippen LogP) is -0.619. The van der Waals surface area contributed by atoms with Gasteiger partial charge < -0.3 is 15.5 Å². The fourth-order valence-corrected chi connectivity index (χ4v) is 3.13. The first-order chi connectivity index (χ1) is 9.06. The standard InChI is InChI=1S/C12H20N2O4S/c1-13-10-11-2-4-12(5-3-11)19(17,18)14(6-8-15)7-9-16/h2-5,13,15-16H,6-10H2,1H3. The Kier molecular flexibility index (Phi) is 6.40. The van der Waals surface area contributed by atoms with Crippen molar-refractivity contribution in [2.45, 2.75) is 11.4 Å². The van der Waals surface area contributed by atoms with Gasteiger partial charge in [0.15, 0.2) is 0 Å². The second-order valence-corrected chi connectivity index (χ2v) is 5.96. The summed E-state index contributed by atoms with van der Waals surface area (Å²) in [6.07, 6.45) is 0. The Morgan fingerprint density at radius 2 is 1.63 bits per heavy atom. The molecule has 0 aliphatic rings. The maximum atomic E-state index is 12.3. The highest BCUT2D eigenvalue weighted by atomic mass is 32.2. The molecule has 108 valence electrons. The van der Waals surface area contributed by atoms with Crippen LogP contribution in [0, 0.1) is 0 Å². The van der Waals surface area contributed by atoms with Crippen LogP contribution in [0.2, 0.25) is 0 Å². The van der Waals surface area contributed by atoms with E-state index >= 15 is 0 Å². The average molecular weight is 288 g/mol. The topological polar surface area (TPSA) is 89.9 Å². The molecule has 19 heavy (non-hydrogen) atoms. The van der Waals surface area contributed by atoms with E-state index in [1.165, 1.54) is 12.1 Å². The van der Waals surface area contributed by atoms with Gasteiger partial charge in [-0.25, -0.2) is 8.42 Å². The molecular weight excluding hydrogens is 268 g/mol. The zero-order valence-corrected chi connectivity index (χ0v) is 11.7. The van der Waals surface area contributed by atoms with Gasteiger partial charge in [0.05, 0.1) is 18.1 Å². The van der Waals surface area contributed by atoms with Gasteiger partial charge in [-0.1, -0.05) is 12.1 Å². The van der Waals surface area contributed by atoms with Crippen LogP contribution in [0.5, 0.6) is 0 Å². The van der Waals surface area contributed by atoms with E-state index in [0.29, 0.717) is 6.54 Å². The Bertz CT molecular complexity index is 467. The van der Waals surface area contributed by atoms with Crippen molar-refractivity contribution in [3.05, 3.63) is 29.8 Å². The summed E-state index contributed by atoms with van der Waals surface area (Å²) in [6.45, 7) is 0.0494. The number of nitrogens with one attached hydrogen (secondary N) is 1. The van der Waals surface area contributed by atoms with Crippen LogP contribution in [-0.4, -0.2) is 56.3 Å². The molecule has 0 saturated heterocycles. The lowest BCUT2D eigenvalue weighted by atomic mass is 10.2. The van der Waals surface area contributed by atoms with Crippen LogP contribution in [0.3, 0.4) is 0 Å². The second kappa shape index (κ2) is 7.56. The fourth-order valence-electron chi connectivity index (χ4n) is 1.71. The summed E-state index contributed by atoms with van der Waals surface area (Å²) in [7, 11) is -1.85. The van der Waals surface area contributed by atoms with E-state index < -0.39 is 10.0 Å². The van der Waals surface area contributed by atoms with Gasteiger partial charge in [0.2, 0.25) is 10.0 Å². The van der Waals surface area contributed by atoms with Crippen molar-refractivity contribution in [2.24, 2.45) is 0 Å². The summed E-state index contributed by atoms with van der Waals surface area (Å²) in [6, 6.07) is 6.53. The molecule has 0 heterocycles. The van der Waals surface area contributed by atoms with Crippen molar-refractivity contribution in [1.82, 2.24) is 9.62 Å². The van der Waals surface area contributed by atoms with Crippen LogP contribution in [0.15, 0.2) is 29.2 Å². The number of hydrogen-bond donors (Lipinski definition) is 3. The molecule has 3 N–H and O–H groups in total. The Balaban J connectivity index is 2.96. The van der Waals surface area contributed by atoms with Crippen LogP contribution >= 0.6 is 0 Å². The minimum Gasteiger partial charge on any atom is -0.395 e. The number of rotatable bonds is 8. The highest BCUT2D eigenvalue weighted by Gasteiger charge is 2.23. The van der Waals surface area contributed by atoms with Gasteiger partial charge in [0.1, 0.15) is 0 Å². The normalized spacial score (nSPS) is 12.0. The molecule has 0 bridgehead atoms. The molecule has 0 amide bonds. The maximum Gasteiger partial charge on any atom is 0.243 e. The van der Waals surface area contributed by atoms with E-state index in [1.807, 2.05) is 7.05 Å². The summed E-state index contributed by atoms with van der Waals surface area (Å²) < 4.78 is 25.6. The van der Waals surface area contributed by atoms with Crippen molar-refractivity contribution in [3.8, 4) is 0 Å². The highest BCUT2D eigenvalue weighted by Crippen LogP contribution is 2.16. The molecule has 0 unspecified atom stereocenters. The molecule has 0 radical (unpaired) electrons. The Morgan fingerprint density at radius 1 is 1.11 bits per heavy atom. The number of nitrogens with zero attached hydrogens (tertiary/aromatic N) is 1. The molecule has 0 atom stereocenters. The molecule has 1 rings (SSSR count). The van der Waals surface area contributed by atoms with Crippen LogP contribution in [-0.2, 0) is 16.6 Å². The van der Waals surface area contributed by atoms with Crippen LogP contribution in [0.25, 0.3) is 0 Å². The van der Waals surface area contributed by atoms with Crippen molar-refractivity contribution < 1.29 is 18.6 Å². The Hall–Kier alpha value is -0.990. The van der Waals surface area contributed by atoms with Gasteiger partial charge in [-0.15, -0.1) is 0 Å². The van der Waals surface area contributed by atoms with Crippen molar-refractivity contribution >= 4 is 10.0 Å². The van der Waals surface area contributed by atoms with Crippen LogP contribution in [0.1, 0.15) is 5.56 Å². The molecule has 0 aliphatic heterocycles. The highest BCUT2D eigenvalue weighted by molar-refractivity contribution is 7.89. The number of benzene rings is 1. The molecule has 0 saturated carbocycles. The molecule has 0 aromatic heterocycles. The van der Waals surface area contributed by atoms with E-state index in [0.717, 1.165) is 9.87 Å². The van der Waals surface area contributed by atoms with E-state index in [2.05, 4.69) is 5.32 Å². The zero-order valence-electron chi connectivity index (χ0n) is 10.9. The van der Waals surface area contributed by atoms with E-state index in [4.69, 9.17) is 10.2 Å². The quantitative estimate of drug-likeness (QED) is 0.593. The molecule has 6 nitrogen and oxygen atoms in total. The van der Waals surface area contributed by atoms with Gasteiger partial charge >= 0.3 is 0 Å². The third-order valence-corrected chi connectivity index (χ3v) is 4.55. The minimum atomic E-state index is -3.66.